The van der Waals surface area contributed by atoms with Crippen molar-refractivity contribution in [2.75, 3.05) is 23.7 Å². The van der Waals surface area contributed by atoms with E-state index in [2.05, 4.69) is 20.5 Å². The largest absolute Gasteiger partial charge is 0.324 e. The van der Waals surface area contributed by atoms with Gasteiger partial charge in [-0.1, -0.05) is 24.3 Å². The SMILES string of the molecule is Cc1ccc(NC(=O)C2CCN(C(C)C(=O)Nc3ccccc3C)CC2)nc1. The molecule has 1 aliphatic rings. The molecule has 1 fully saturated rings. The summed E-state index contributed by atoms with van der Waals surface area (Å²) < 4.78 is 0. The minimum atomic E-state index is -0.234. The number of piperidine rings is 1. The van der Waals surface area contributed by atoms with Crippen molar-refractivity contribution in [2.45, 2.75) is 39.7 Å². The van der Waals surface area contributed by atoms with E-state index in [4.69, 9.17) is 0 Å². The zero-order valence-corrected chi connectivity index (χ0v) is 16.7. The Balaban J connectivity index is 1.50. The predicted octanol–water partition coefficient (Wildman–Crippen LogP) is 3.38. The average molecular weight is 380 g/mol. The van der Waals surface area contributed by atoms with Crippen molar-refractivity contribution in [3.63, 3.8) is 0 Å². The van der Waals surface area contributed by atoms with E-state index in [9.17, 15) is 9.59 Å². The van der Waals surface area contributed by atoms with E-state index in [1.54, 1.807) is 6.20 Å². The Kier molecular flexibility index (Phi) is 6.41. The second kappa shape index (κ2) is 8.97. The van der Waals surface area contributed by atoms with E-state index in [0.717, 1.165) is 42.7 Å². The predicted molar refractivity (Wildman–Crippen MR) is 111 cm³/mol. The quantitative estimate of drug-likeness (QED) is 0.834. The number of nitrogens with zero attached hydrogens (tertiary/aromatic N) is 2. The fraction of sp³-hybridized carbons (Fsp3) is 0.409. The number of pyridine rings is 1. The molecule has 1 aliphatic heterocycles. The van der Waals surface area contributed by atoms with Crippen LogP contribution in [0.3, 0.4) is 0 Å². The van der Waals surface area contributed by atoms with Crippen LogP contribution in [0.1, 0.15) is 30.9 Å². The van der Waals surface area contributed by atoms with Crippen LogP contribution in [0, 0.1) is 19.8 Å². The molecule has 2 aromatic rings. The maximum atomic E-state index is 12.6. The molecule has 2 heterocycles. The average Bonchev–Trinajstić information content (AvgIpc) is 2.71. The lowest BCUT2D eigenvalue weighted by Crippen LogP contribution is -2.47. The minimum Gasteiger partial charge on any atom is -0.324 e. The van der Waals surface area contributed by atoms with Gasteiger partial charge in [-0.2, -0.15) is 0 Å². The fourth-order valence-corrected chi connectivity index (χ4v) is 3.44. The number of hydrogen-bond donors (Lipinski definition) is 2. The third-order valence-electron chi connectivity index (χ3n) is 5.39. The van der Waals surface area contributed by atoms with E-state index < -0.39 is 0 Å². The van der Waals surface area contributed by atoms with Crippen LogP contribution >= 0.6 is 0 Å². The van der Waals surface area contributed by atoms with Gasteiger partial charge in [0.15, 0.2) is 0 Å². The molecule has 0 bridgehead atoms. The summed E-state index contributed by atoms with van der Waals surface area (Å²) >= 11 is 0. The van der Waals surface area contributed by atoms with Gasteiger partial charge in [-0.15, -0.1) is 0 Å². The molecule has 1 unspecified atom stereocenters. The molecule has 0 spiro atoms. The van der Waals surface area contributed by atoms with Crippen LogP contribution in [0.25, 0.3) is 0 Å². The van der Waals surface area contributed by atoms with E-state index in [1.165, 1.54) is 0 Å². The van der Waals surface area contributed by atoms with Crippen molar-refractivity contribution in [1.29, 1.82) is 0 Å². The van der Waals surface area contributed by atoms with Crippen LogP contribution < -0.4 is 10.6 Å². The normalized spacial score (nSPS) is 16.4. The molecule has 0 radical (unpaired) electrons. The number of anilines is 2. The molecular weight excluding hydrogens is 352 g/mol. The molecule has 1 atom stereocenters. The molecule has 0 aliphatic carbocycles. The Morgan fingerprint density at radius 1 is 1.07 bits per heavy atom. The molecule has 3 rings (SSSR count). The van der Waals surface area contributed by atoms with Crippen molar-refractivity contribution in [3.8, 4) is 0 Å². The van der Waals surface area contributed by atoms with Crippen LogP contribution in [0.4, 0.5) is 11.5 Å². The van der Waals surface area contributed by atoms with Crippen LogP contribution in [-0.4, -0.2) is 40.8 Å². The zero-order valence-electron chi connectivity index (χ0n) is 16.7. The number of carbonyl (C=O) groups excluding carboxylic acids is 2. The summed E-state index contributed by atoms with van der Waals surface area (Å²) in [7, 11) is 0. The number of likely N-dealkylation sites (tertiary alicyclic amines) is 1. The van der Waals surface area contributed by atoms with E-state index in [0.29, 0.717) is 5.82 Å². The number of hydrogen-bond acceptors (Lipinski definition) is 4. The number of benzene rings is 1. The summed E-state index contributed by atoms with van der Waals surface area (Å²) in [6.45, 7) is 7.31. The lowest BCUT2D eigenvalue weighted by Gasteiger charge is -2.34. The highest BCUT2D eigenvalue weighted by molar-refractivity contribution is 5.95. The molecule has 1 aromatic carbocycles. The first kappa shape index (κ1) is 20.0. The van der Waals surface area contributed by atoms with Crippen LogP contribution in [0.5, 0.6) is 0 Å². The number of carbonyl (C=O) groups is 2. The number of amides is 2. The zero-order chi connectivity index (χ0) is 20.1. The molecular formula is C22H28N4O2. The van der Waals surface area contributed by atoms with Gasteiger partial charge in [0.2, 0.25) is 11.8 Å². The molecule has 6 nitrogen and oxygen atoms in total. The second-order valence-electron chi connectivity index (χ2n) is 7.50. The Morgan fingerprint density at radius 2 is 1.79 bits per heavy atom. The molecule has 1 saturated heterocycles. The van der Waals surface area contributed by atoms with Crippen molar-refractivity contribution in [3.05, 3.63) is 53.7 Å². The molecule has 0 saturated carbocycles. The summed E-state index contributed by atoms with van der Waals surface area (Å²) in [6, 6.07) is 11.3. The van der Waals surface area contributed by atoms with Gasteiger partial charge in [-0.3, -0.25) is 14.5 Å². The third-order valence-corrected chi connectivity index (χ3v) is 5.39. The number of aromatic nitrogens is 1. The monoisotopic (exact) mass is 380 g/mol. The topological polar surface area (TPSA) is 74.3 Å². The van der Waals surface area contributed by atoms with E-state index in [-0.39, 0.29) is 23.8 Å². The van der Waals surface area contributed by atoms with Gasteiger partial charge in [0.1, 0.15) is 5.82 Å². The van der Waals surface area contributed by atoms with Gasteiger partial charge in [-0.05, 0) is 70.0 Å². The Labute approximate surface area is 166 Å². The van der Waals surface area contributed by atoms with Crippen molar-refractivity contribution >= 4 is 23.3 Å². The standard InChI is InChI=1S/C22H28N4O2/c1-15-8-9-20(23-14-15)25-22(28)18-10-12-26(13-11-18)17(3)21(27)24-19-7-5-4-6-16(19)2/h4-9,14,17-18H,10-13H2,1-3H3,(H,24,27)(H,23,25,28). The fourth-order valence-electron chi connectivity index (χ4n) is 3.44. The lowest BCUT2D eigenvalue weighted by atomic mass is 9.95. The maximum absolute atomic E-state index is 12.6. The molecule has 2 N–H and O–H groups in total. The maximum Gasteiger partial charge on any atom is 0.241 e. The Bertz CT molecular complexity index is 827. The van der Waals surface area contributed by atoms with E-state index >= 15 is 0 Å². The van der Waals surface area contributed by atoms with Crippen molar-refractivity contribution in [1.82, 2.24) is 9.88 Å². The summed E-state index contributed by atoms with van der Waals surface area (Å²) in [5, 5.41) is 5.91. The van der Waals surface area contributed by atoms with Gasteiger partial charge in [-0.25, -0.2) is 4.98 Å². The van der Waals surface area contributed by atoms with Crippen LogP contribution in [0.2, 0.25) is 0 Å². The number of para-hydroxylation sites is 1. The lowest BCUT2D eigenvalue weighted by molar-refractivity contribution is -0.123. The highest BCUT2D eigenvalue weighted by atomic mass is 16.2. The number of nitrogens with one attached hydrogen (secondary N) is 2. The van der Waals surface area contributed by atoms with Crippen molar-refractivity contribution < 1.29 is 9.59 Å². The van der Waals surface area contributed by atoms with Crippen molar-refractivity contribution in [2.24, 2.45) is 5.92 Å². The second-order valence-corrected chi connectivity index (χ2v) is 7.50. The highest BCUT2D eigenvalue weighted by Crippen LogP contribution is 2.22. The summed E-state index contributed by atoms with van der Waals surface area (Å²) in [6.07, 6.45) is 3.21. The Hall–Kier alpha value is -2.73. The molecule has 2 amide bonds. The molecule has 28 heavy (non-hydrogen) atoms. The molecule has 6 heteroatoms. The molecule has 148 valence electrons. The number of rotatable bonds is 5. The molecule has 1 aromatic heterocycles. The summed E-state index contributed by atoms with van der Waals surface area (Å²) in [4.78, 5) is 31.5. The van der Waals surface area contributed by atoms with Gasteiger partial charge < -0.3 is 10.6 Å². The highest BCUT2D eigenvalue weighted by Gasteiger charge is 2.30. The van der Waals surface area contributed by atoms with Gasteiger partial charge in [0.05, 0.1) is 6.04 Å². The van der Waals surface area contributed by atoms with Gasteiger partial charge in [0.25, 0.3) is 0 Å². The van der Waals surface area contributed by atoms with Crippen LogP contribution in [0.15, 0.2) is 42.6 Å². The third kappa shape index (κ3) is 4.95. The van der Waals surface area contributed by atoms with E-state index in [1.807, 2.05) is 57.2 Å². The first-order valence-electron chi connectivity index (χ1n) is 9.78. The van der Waals surface area contributed by atoms with Gasteiger partial charge in [0, 0.05) is 17.8 Å². The summed E-state index contributed by atoms with van der Waals surface area (Å²) in [5.74, 6) is 0.532. The summed E-state index contributed by atoms with van der Waals surface area (Å²) in [5.41, 5.74) is 2.95. The van der Waals surface area contributed by atoms with Gasteiger partial charge >= 0.3 is 0 Å². The minimum absolute atomic E-state index is 0.00742. The Morgan fingerprint density at radius 3 is 2.43 bits per heavy atom. The smallest absolute Gasteiger partial charge is 0.241 e. The van der Waals surface area contributed by atoms with Crippen LogP contribution in [-0.2, 0) is 9.59 Å². The number of aryl methyl sites for hydroxylation is 2. The first-order valence-corrected chi connectivity index (χ1v) is 9.78. The first-order chi connectivity index (χ1) is 13.4.